The second-order valence-corrected chi connectivity index (χ2v) is 7.79. The van der Waals surface area contributed by atoms with Gasteiger partial charge in [0.25, 0.3) is 11.1 Å². The van der Waals surface area contributed by atoms with Crippen LogP contribution in [0.25, 0.3) is 5.69 Å². The number of benzene rings is 2. The molecule has 2 aromatic heterocycles. The summed E-state index contributed by atoms with van der Waals surface area (Å²) in [6.07, 6.45) is -4.41. The molecule has 0 aliphatic carbocycles. The van der Waals surface area contributed by atoms with Crippen LogP contribution in [0.1, 0.15) is 28.4 Å². The lowest BCUT2D eigenvalue weighted by Gasteiger charge is -2.08. The molecule has 0 atom stereocenters. The van der Waals surface area contributed by atoms with Gasteiger partial charge < -0.3 is 9.15 Å². The molecule has 0 amide bonds. The Balaban J connectivity index is 1.38. The van der Waals surface area contributed by atoms with E-state index in [0.29, 0.717) is 22.6 Å². The van der Waals surface area contributed by atoms with Gasteiger partial charge in [0.2, 0.25) is 0 Å². The summed E-state index contributed by atoms with van der Waals surface area (Å²) in [6, 6.07) is 10.5. The van der Waals surface area contributed by atoms with Crippen LogP contribution in [0.5, 0.6) is 5.75 Å². The molecule has 166 valence electrons. The van der Waals surface area contributed by atoms with Crippen LogP contribution in [-0.2, 0) is 18.5 Å². The number of tetrazole rings is 1. The highest BCUT2D eigenvalue weighted by Crippen LogP contribution is 2.30. The predicted molar refractivity (Wildman–Crippen MR) is 108 cm³/mol. The monoisotopic (exact) mass is 462 g/mol. The van der Waals surface area contributed by atoms with E-state index in [-0.39, 0.29) is 12.4 Å². The van der Waals surface area contributed by atoms with Gasteiger partial charge in [-0.15, -0.1) is 15.3 Å². The number of aromatic nitrogens is 6. The molecule has 0 saturated carbocycles. The topological polar surface area (TPSA) is 91.8 Å². The van der Waals surface area contributed by atoms with Gasteiger partial charge in [0, 0.05) is 0 Å². The lowest BCUT2D eigenvalue weighted by atomic mass is 10.1. The van der Waals surface area contributed by atoms with E-state index < -0.39 is 11.7 Å². The Bertz CT molecular complexity index is 1210. The van der Waals surface area contributed by atoms with Crippen molar-refractivity contribution >= 4 is 11.8 Å². The minimum Gasteiger partial charge on any atom is -0.484 e. The van der Waals surface area contributed by atoms with Crippen molar-refractivity contribution < 1.29 is 22.3 Å². The van der Waals surface area contributed by atoms with Crippen molar-refractivity contribution in [3.8, 4) is 11.4 Å². The summed E-state index contributed by atoms with van der Waals surface area (Å²) in [7, 11) is 0. The zero-order chi connectivity index (χ0) is 22.7. The van der Waals surface area contributed by atoms with Crippen LogP contribution in [0, 0.1) is 13.8 Å². The Labute approximate surface area is 184 Å². The van der Waals surface area contributed by atoms with E-state index in [9.17, 15) is 13.2 Å². The molecule has 12 heteroatoms. The molecular weight excluding hydrogens is 445 g/mol. The number of thioether (sulfide) groups is 1. The third kappa shape index (κ3) is 5.07. The molecule has 0 radical (unpaired) electrons. The van der Waals surface area contributed by atoms with E-state index in [2.05, 4.69) is 25.7 Å². The van der Waals surface area contributed by atoms with Crippen LogP contribution < -0.4 is 4.74 Å². The highest BCUT2D eigenvalue weighted by atomic mass is 32.2. The fourth-order valence-corrected chi connectivity index (χ4v) is 3.46. The van der Waals surface area contributed by atoms with Gasteiger partial charge in [-0.25, -0.2) is 0 Å². The SMILES string of the molecule is Cc1ccc(C)c(OCc2nnc(SCc3nnnn3-c3ccc(C(F)(F)F)cc3)o2)c1. The van der Waals surface area contributed by atoms with Crippen LogP contribution in [0.15, 0.2) is 52.1 Å². The van der Waals surface area contributed by atoms with E-state index in [4.69, 9.17) is 9.15 Å². The zero-order valence-electron chi connectivity index (χ0n) is 17.0. The summed E-state index contributed by atoms with van der Waals surface area (Å²) in [5.74, 6) is 1.75. The molecule has 0 aliphatic heterocycles. The number of hydrogen-bond donors (Lipinski definition) is 0. The quantitative estimate of drug-likeness (QED) is 0.370. The van der Waals surface area contributed by atoms with Gasteiger partial charge in [0.1, 0.15) is 5.75 Å². The Morgan fingerprint density at radius 3 is 2.56 bits per heavy atom. The average Bonchev–Trinajstić information content (AvgIpc) is 3.41. The molecule has 0 unspecified atom stereocenters. The number of nitrogens with zero attached hydrogens (tertiary/aromatic N) is 6. The molecule has 0 spiro atoms. The van der Waals surface area contributed by atoms with Crippen molar-refractivity contribution in [3.05, 3.63) is 70.9 Å². The normalized spacial score (nSPS) is 11.7. The van der Waals surface area contributed by atoms with Gasteiger partial charge in [-0.2, -0.15) is 17.9 Å². The summed E-state index contributed by atoms with van der Waals surface area (Å²) < 4.78 is 51.0. The Hall–Kier alpha value is -3.41. The summed E-state index contributed by atoms with van der Waals surface area (Å²) in [5, 5.41) is 19.6. The van der Waals surface area contributed by atoms with E-state index in [0.717, 1.165) is 29.0 Å². The molecule has 32 heavy (non-hydrogen) atoms. The second-order valence-electron chi connectivity index (χ2n) is 6.86. The third-order valence-electron chi connectivity index (χ3n) is 4.44. The summed E-state index contributed by atoms with van der Waals surface area (Å²) in [6.45, 7) is 4.05. The summed E-state index contributed by atoms with van der Waals surface area (Å²) in [4.78, 5) is 0. The first-order chi connectivity index (χ1) is 15.3. The molecule has 0 bridgehead atoms. The van der Waals surface area contributed by atoms with E-state index in [1.807, 2.05) is 32.0 Å². The predicted octanol–water partition coefficient (Wildman–Crippen LogP) is 4.55. The number of aryl methyl sites for hydroxylation is 2. The number of hydrogen-bond acceptors (Lipinski definition) is 8. The fourth-order valence-electron chi connectivity index (χ4n) is 2.77. The minimum atomic E-state index is -4.41. The lowest BCUT2D eigenvalue weighted by Crippen LogP contribution is -2.06. The molecule has 0 aliphatic rings. The lowest BCUT2D eigenvalue weighted by molar-refractivity contribution is -0.137. The zero-order valence-corrected chi connectivity index (χ0v) is 17.8. The minimum absolute atomic E-state index is 0.126. The first-order valence-corrected chi connectivity index (χ1v) is 10.4. The Morgan fingerprint density at radius 1 is 1.03 bits per heavy atom. The highest BCUT2D eigenvalue weighted by molar-refractivity contribution is 7.98. The summed E-state index contributed by atoms with van der Waals surface area (Å²) in [5.41, 5.74) is 1.75. The van der Waals surface area contributed by atoms with Crippen LogP contribution in [0.2, 0.25) is 0 Å². The van der Waals surface area contributed by atoms with E-state index in [1.165, 1.54) is 28.6 Å². The van der Waals surface area contributed by atoms with Crippen LogP contribution in [-0.4, -0.2) is 30.4 Å². The Morgan fingerprint density at radius 2 is 1.81 bits per heavy atom. The maximum atomic E-state index is 12.8. The van der Waals surface area contributed by atoms with Crippen molar-refractivity contribution in [1.29, 1.82) is 0 Å². The number of alkyl halides is 3. The molecule has 8 nitrogen and oxygen atoms in total. The molecule has 4 rings (SSSR count). The van der Waals surface area contributed by atoms with E-state index in [1.54, 1.807) is 0 Å². The number of ether oxygens (including phenoxy) is 1. The number of halogens is 3. The van der Waals surface area contributed by atoms with Gasteiger partial charge in [0.05, 0.1) is 17.0 Å². The largest absolute Gasteiger partial charge is 0.484 e. The first-order valence-electron chi connectivity index (χ1n) is 9.40. The molecule has 0 fully saturated rings. The second kappa shape index (κ2) is 8.99. The maximum Gasteiger partial charge on any atom is 0.416 e. The standard InChI is InChI=1S/C20H17F3N6O2S/c1-12-3-4-13(2)16(9-12)30-10-18-25-26-19(31-18)32-11-17-24-27-28-29(17)15-7-5-14(6-8-15)20(21,22)23/h3-9H,10-11H2,1-2H3. The van der Waals surface area contributed by atoms with Crippen molar-refractivity contribution in [3.63, 3.8) is 0 Å². The fraction of sp³-hybridized carbons (Fsp3) is 0.250. The van der Waals surface area contributed by atoms with Gasteiger partial charge >= 0.3 is 6.18 Å². The van der Waals surface area contributed by atoms with Gasteiger partial charge in [0.15, 0.2) is 12.4 Å². The van der Waals surface area contributed by atoms with Crippen molar-refractivity contribution in [2.75, 3.05) is 0 Å². The average molecular weight is 462 g/mol. The smallest absolute Gasteiger partial charge is 0.416 e. The first kappa shape index (κ1) is 21.8. The summed E-state index contributed by atoms with van der Waals surface area (Å²) >= 11 is 1.20. The van der Waals surface area contributed by atoms with Crippen molar-refractivity contribution in [1.82, 2.24) is 30.4 Å². The molecule has 0 saturated heterocycles. The third-order valence-corrected chi connectivity index (χ3v) is 5.26. The molecule has 2 heterocycles. The van der Waals surface area contributed by atoms with Crippen molar-refractivity contribution in [2.24, 2.45) is 0 Å². The van der Waals surface area contributed by atoms with Gasteiger partial charge in [-0.05, 0) is 65.7 Å². The highest BCUT2D eigenvalue weighted by Gasteiger charge is 2.30. The van der Waals surface area contributed by atoms with Crippen molar-refractivity contribution in [2.45, 2.75) is 37.6 Å². The molecule has 4 aromatic rings. The molecule has 2 aromatic carbocycles. The number of rotatable bonds is 7. The molecular formula is C20H17F3N6O2S. The Kier molecular flexibility index (Phi) is 6.12. The molecule has 0 N–H and O–H groups in total. The van der Waals surface area contributed by atoms with Crippen LogP contribution >= 0.6 is 11.8 Å². The van der Waals surface area contributed by atoms with Crippen LogP contribution in [0.4, 0.5) is 13.2 Å². The van der Waals surface area contributed by atoms with Crippen LogP contribution in [0.3, 0.4) is 0 Å². The van der Waals surface area contributed by atoms with Gasteiger partial charge in [-0.1, -0.05) is 23.9 Å². The van der Waals surface area contributed by atoms with Gasteiger partial charge in [-0.3, -0.25) is 0 Å². The van der Waals surface area contributed by atoms with E-state index >= 15 is 0 Å². The maximum absolute atomic E-state index is 12.8.